The minimum Gasteiger partial charge on any atom is -0.468 e. The van der Waals surface area contributed by atoms with Gasteiger partial charge in [0.05, 0.1) is 24.9 Å². The van der Waals surface area contributed by atoms with E-state index in [1.807, 2.05) is 52.8 Å². The number of aryl methyl sites for hydroxylation is 2. The first kappa shape index (κ1) is 21.0. The fraction of sp³-hybridized carbons (Fsp3) is 0.450. The summed E-state index contributed by atoms with van der Waals surface area (Å²) in [5.74, 6) is -0.571. The maximum Gasteiger partial charge on any atom is 0.325 e. The largest absolute Gasteiger partial charge is 0.468 e. The highest BCUT2D eigenvalue weighted by Gasteiger charge is 2.24. The molecule has 1 aromatic carbocycles. The number of amides is 1. The smallest absolute Gasteiger partial charge is 0.325 e. The van der Waals surface area contributed by atoms with Crippen LogP contribution in [0.3, 0.4) is 0 Å². The third-order valence-corrected chi connectivity index (χ3v) is 5.05. The molecule has 1 aromatic heterocycles. The van der Waals surface area contributed by atoms with Gasteiger partial charge < -0.3 is 9.64 Å². The van der Waals surface area contributed by atoms with E-state index in [4.69, 9.17) is 16.3 Å². The van der Waals surface area contributed by atoms with E-state index >= 15 is 0 Å². The fourth-order valence-electron chi connectivity index (χ4n) is 2.91. The summed E-state index contributed by atoms with van der Waals surface area (Å²) in [6.45, 7) is 9.43. The van der Waals surface area contributed by atoms with Gasteiger partial charge in [-0.3, -0.25) is 9.59 Å². The Bertz CT molecular complexity index is 858. The zero-order valence-corrected chi connectivity index (χ0v) is 17.4. The second-order valence-corrected chi connectivity index (χ2v) is 7.27. The standard InChI is InChI=1S/C20H26ClN3O3/c1-12(2)23(11-20(26)27-6)19(25)10-17-14(4)22-24(15(17)5)16-8-7-13(3)18(21)9-16/h7-9,12H,10-11H2,1-6H3. The minimum atomic E-state index is -0.435. The van der Waals surface area contributed by atoms with Crippen molar-refractivity contribution < 1.29 is 14.3 Å². The van der Waals surface area contributed by atoms with Crippen LogP contribution in [0, 0.1) is 20.8 Å². The summed E-state index contributed by atoms with van der Waals surface area (Å²) in [5, 5.41) is 5.25. The molecule has 146 valence electrons. The summed E-state index contributed by atoms with van der Waals surface area (Å²) in [5.41, 5.74) is 4.35. The number of aromatic nitrogens is 2. The summed E-state index contributed by atoms with van der Waals surface area (Å²) in [6.07, 6.45) is 0.173. The molecule has 1 heterocycles. The molecule has 0 radical (unpaired) electrons. The second-order valence-electron chi connectivity index (χ2n) is 6.86. The SMILES string of the molecule is COC(=O)CN(C(=O)Cc1c(C)nn(-c2ccc(C)c(Cl)c2)c1C)C(C)C. The Morgan fingerprint density at radius 2 is 1.93 bits per heavy atom. The molecule has 0 atom stereocenters. The summed E-state index contributed by atoms with van der Waals surface area (Å²) >= 11 is 6.24. The molecule has 0 aliphatic rings. The van der Waals surface area contributed by atoms with E-state index in [1.54, 1.807) is 4.68 Å². The van der Waals surface area contributed by atoms with Crippen molar-refractivity contribution in [3.8, 4) is 5.69 Å². The fourth-order valence-corrected chi connectivity index (χ4v) is 3.09. The summed E-state index contributed by atoms with van der Waals surface area (Å²) in [7, 11) is 1.32. The van der Waals surface area contributed by atoms with Gasteiger partial charge in [-0.15, -0.1) is 0 Å². The van der Waals surface area contributed by atoms with Gasteiger partial charge in [-0.05, 0) is 52.3 Å². The van der Waals surface area contributed by atoms with E-state index in [2.05, 4.69) is 5.10 Å². The molecular weight excluding hydrogens is 366 g/mol. The molecule has 0 saturated carbocycles. The Kier molecular flexibility index (Phi) is 6.65. The molecule has 0 bridgehead atoms. The number of rotatable bonds is 6. The van der Waals surface area contributed by atoms with Crippen LogP contribution in [0.5, 0.6) is 0 Å². The van der Waals surface area contributed by atoms with Crippen molar-refractivity contribution in [2.45, 2.75) is 47.1 Å². The highest BCUT2D eigenvalue weighted by atomic mass is 35.5. The van der Waals surface area contributed by atoms with Gasteiger partial charge in [0.25, 0.3) is 0 Å². The highest BCUT2D eigenvalue weighted by molar-refractivity contribution is 6.31. The molecule has 0 unspecified atom stereocenters. The predicted octanol–water partition coefficient (Wildman–Crippen LogP) is 3.40. The molecule has 0 aliphatic heterocycles. The number of esters is 1. The molecule has 0 spiro atoms. The van der Waals surface area contributed by atoms with Crippen molar-refractivity contribution in [1.82, 2.24) is 14.7 Å². The summed E-state index contributed by atoms with van der Waals surface area (Å²) < 4.78 is 6.49. The lowest BCUT2D eigenvalue weighted by Gasteiger charge is -2.25. The molecule has 7 heteroatoms. The average Bonchev–Trinajstić information content (AvgIpc) is 2.89. The van der Waals surface area contributed by atoms with E-state index in [0.717, 1.165) is 28.2 Å². The van der Waals surface area contributed by atoms with Gasteiger partial charge in [0, 0.05) is 22.3 Å². The third-order valence-electron chi connectivity index (χ3n) is 4.64. The number of hydrogen-bond acceptors (Lipinski definition) is 4. The molecule has 2 rings (SSSR count). The molecular formula is C20H26ClN3O3. The lowest BCUT2D eigenvalue weighted by atomic mass is 10.1. The van der Waals surface area contributed by atoms with Crippen LogP contribution in [0.2, 0.25) is 5.02 Å². The minimum absolute atomic E-state index is 0.0627. The number of ether oxygens (including phenoxy) is 1. The maximum atomic E-state index is 12.8. The average molecular weight is 392 g/mol. The summed E-state index contributed by atoms with van der Waals surface area (Å²) in [6, 6.07) is 5.64. The predicted molar refractivity (Wildman–Crippen MR) is 105 cm³/mol. The molecule has 0 aliphatic carbocycles. The molecule has 0 fully saturated rings. The van der Waals surface area contributed by atoms with Crippen molar-refractivity contribution in [2.75, 3.05) is 13.7 Å². The van der Waals surface area contributed by atoms with Crippen LogP contribution in [0.25, 0.3) is 5.69 Å². The summed E-state index contributed by atoms with van der Waals surface area (Å²) in [4.78, 5) is 26.0. The van der Waals surface area contributed by atoms with Crippen molar-refractivity contribution in [3.05, 3.63) is 45.7 Å². The Morgan fingerprint density at radius 3 is 2.48 bits per heavy atom. The van der Waals surface area contributed by atoms with Gasteiger partial charge in [-0.1, -0.05) is 17.7 Å². The Hall–Kier alpha value is -2.34. The van der Waals surface area contributed by atoms with Crippen molar-refractivity contribution in [1.29, 1.82) is 0 Å². The molecule has 6 nitrogen and oxygen atoms in total. The molecule has 1 amide bonds. The van der Waals surface area contributed by atoms with Crippen molar-refractivity contribution in [2.24, 2.45) is 0 Å². The molecule has 27 heavy (non-hydrogen) atoms. The number of halogens is 1. The molecule has 0 N–H and O–H groups in total. The lowest BCUT2D eigenvalue weighted by Crippen LogP contribution is -2.42. The first-order valence-corrected chi connectivity index (χ1v) is 9.21. The van der Waals surface area contributed by atoms with E-state index in [-0.39, 0.29) is 24.9 Å². The number of methoxy groups -OCH3 is 1. The van der Waals surface area contributed by atoms with E-state index in [1.165, 1.54) is 12.0 Å². The number of nitrogens with zero attached hydrogens (tertiary/aromatic N) is 3. The lowest BCUT2D eigenvalue weighted by molar-refractivity contribution is -0.148. The maximum absolute atomic E-state index is 12.8. The number of hydrogen-bond donors (Lipinski definition) is 0. The first-order chi connectivity index (χ1) is 12.6. The van der Waals surface area contributed by atoms with Gasteiger partial charge in [-0.25, -0.2) is 4.68 Å². The van der Waals surface area contributed by atoms with Crippen molar-refractivity contribution in [3.63, 3.8) is 0 Å². The van der Waals surface area contributed by atoms with Gasteiger partial charge in [-0.2, -0.15) is 5.10 Å². The zero-order valence-electron chi connectivity index (χ0n) is 16.7. The van der Waals surface area contributed by atoms with Crippen LogP contribution in [-0.4, -0.2) is 46.3 Å². The topological polar surface area (TPSA) is 64.4 Å². The number of carbonyl (C=O) groups excluding carboxylic acids is 2. The van der Waals surface area contributed by atoms with Crippen molar-refractivity contribution >= 4 is 23.5 Å². The van der Waals surface area contributed by atoms with Gasteiger partial charge >= 0.3 is 5.97 Å². The monoisotopic (exact) mass is 391 g/mol. The molecule has 2 aromatic rings. The Labute approximate surface area is 165 Å². The molecule has 0 saturated heterocycles. The second kappa shape index (κ2) is 8.57. The van der Waals surface area contributed by atoms with E-state index in [0.29, 0.717) is 5.02 Å². The van der Waals surface area contributed by atoms with Crippen LogP contribution < -0.4 is 0 Å². The quantitative estimate of drug-likeness (QED) is 0.708. The van der Waals surface area contributed by atoms with E-state index < -0.39 is 5.97 Å². The van der Waals surface area contributed by atoms with Crippen LogP contribution in [-0.2, 0) is 20.7 Å². The Balaban J connectivity index is 2.31. The van der Waals surface area contributed by atoms with E-state index in [9.17, 15) is 9.59 Å². The van der Waals surface area contributed by atoms with Gasteiger partial charge in [0.2, 0.25) is 5.91 Å². The van der Waals surface area contributed by atoms with Crippen LogP contribution in [0.15, 0.2) is 18.2 Å². The van der Waals surface area contributed by atoms with Crippen LogP contribution in [0.1, 0.15) is 36.4 Å². The van der Waals surface area contributed by atoms with Crippen LogP contribution >= 0.6 is 11.6 Å². The van der Waals surface area contributed by atoms with Crippen LogP contribution in [0.4, 0.5) is 0 Å². The van der Waals surface area contributed by atoms with Gasteiger partial charge in [0.1, 0.15) is 6.54 Å². The third kappa shape index (κ3) is 4.69. The Morgan fingerprint density at radius 1 is 1.26 bits per heavy atom. The zero-order chi connectivity index (χ0) is 20.3. The number of carbonyl (C=O) groups is 2. The number of benzene rings is 1. The van der Waals surface area contributed by atoms with Gasteiger partial charge in [0.15, 0.2) is 0 Å². The normalized spacial score (nSPS) is 11.0. The first-order valence-electron chi connectivity index (χ1n) is 8.83. The highest BCUT2D eigenvalue weighted by Crippen LogP contribution is 2.23.